The summed E-state index contributed by atoms with van der Waals surface area (Å²) in [7, 11) is 1.35. The summed E-state index contributed by atoms with van der Waals surface area (Å²) in [5.74, 6) is 0.351. The zero-order chi connectivity index (χ0) is 18.7. The van der Waals surface area contributed by atoms with E-state index >= 15 is 0 Å². The minimum absolute atomic E-state index is 0. The minimum atomic E-state index is -4.40. The van der Waals surface area contributed by atoms with Crippen LogP contribution in [0.1, 0.15) is 36.9 Å². The lowest BCUT2D eigenvalue weighted by Gasteiger charge is -2.10. The third-order valence-corrected chi connectivity index (χ3v) is 4.01. The Balaban J connectivity index is 0.00000625. The zero-order valence-electron chi connectivity index (χ0n) is 14.7. The Kier molecular flexibility index (Phi) is 12.6. The van der Waals surface area contributed by atoms with E-state index in [-0.39, 0.29) is 29.9 Å². The maximum absolute atomic E-state index is 12.5. The summed E-state index contributed by atoms with van der Waals surface area (Å²) in [5.41, 5.74) is -0.848. The predicted octanol–water partition coefficient (Wildman–Crippen LogP) is 3.22. The van der Waals surface area contributed by atoms with Crippen LogP contribution >= 0.6 is 35.3 Å². The Morgan fingerprint density at radius 1 is 1.35 bits per heavy atom. The van der Waals surface area contributed by atoms with E-state index in [1.54, 1.807) is 0 Å². The number of aliphatic imine (C=N–C) groups is 1. The average Bonchev–Trinajstić information content (AvgIpc) is 3.03. The number of nitrogens with zero attached hydrogens (tertiary/aromatic N) is 2. The first-order chi connectivity index (χ1) is 11.9. The lowest BCUT2D eigenvalue weighted by Crippen LogP contribution is -2.38. The van der Waals surface area contributed by atoms with Gasteiger partial charge in [0.1, 0.15) is 0 Å². The van der Waals surface area contributed by atoms with Gasteiger partial charge in [0.05, 0.1) is 12.1 Å². The highest BCUT2D eigenvalue weighted by Gasteiger charge is 2.33. The van der Waals surface area contributed by atoms with Crippen LogP contribution in [0.5, 0.6) is 0 Å². The molecule has 11 heteroatoms. The van der Waals surface area contributed by atoms with Gasteiger partial charge in [-0.1, -0.05) is 0 Å². The second kappa shape index (κ2) is 13.1. The molecule has 1 aromatic rings. The number of unbranched alkanes of at least 4 members (excludes halogenated alkanes) is 1. The van der Waals surface area contributed by atoms with Crippen LogP contribution in [-0.2, 0) is 22.1 Å². The molecule has 0 bridgehead atoms. The first-order valence-electron chi connectivity index (χ1n) is 7.97. The Bertz CT molecular complexity index is 567. The van der Waals surface area contributed by atoms with Gasteiger partial charge < -0.3 is 15.4 Å². The number of nitrogens with one attached hydrogen (secondary N) is 2. The van der Waals surface area contributed by atoms with Crippen LogP contribution in [0, 0.1) is 0 Å². The van der Waals surface area contributed by atoms with E-state index in [1.165, 1.54) is 7.11 Å². The van der Waals surface area contributed by atoms with Gasteiger partial charge in [0, 0.05) is 37.9 Å². The minimum Gasteiger partial charge on any atom is -0.469 e. The number of esters is 1. The van der Waals surface area contributed by atoms with Crippen LogP contribution in [0.25, 0.3) is 0 Å². The van der Waals surface area contributed by atoms with E-state index in [4.69, 9.17) is 0 Å². The number of halogens is 4. The van der Waals surface area contributed by atoms with Crippen molar-refractivity contribution in [2.24, 2.45) is 4.99 Å². The lowest BCUT2D eigenvalue weighted by molar-refractivity contribution is -0.141. The summed E-state index contributed by atoms with van der Waals surface area (Å²) in [6, 6.07) is 0. The molecule has 0 unspecified atom stereocenters. The number of carbonyl (C=O) groups is 1. The SMILES string of the molecule is CCNC(=NCCCCC(=O)OC)NCCc1nc(C(F)(F)F)cs1.I. The van der Waals surface area contributed by atoms with Gasteiger partial charge in [0.25, 0.3) is 0 Å². The van der Waals surface area contributed by atoms with Gasteiger partial charge in [0.15, 0.2) is 11.7 Å². The van der Waals surface area contributed by atoms with Crippen molar-refractivity contribution in [1.82, 2.24) is 15.6 Å². The number of alkyl halides is 3. The van der Waals surface area contributed by atoms with E-state index in [0.29, 0.717) is 49.9 Å². The van der Waals surface area contributed by atoms with Gasteiger partial charge >= 0.3 is 12.1 Å². The van der Waals surface area contributed by atoms with E-state index in [1.807, 2.05) is 6.92 Å². The molecule has 26 heavy (non-hydrogen) atoms. The number of rotatable bonds is 9. The molecular formula is C15H24F3IN4O2S. The normalized spacial score (nSPS) is 11.7. The van der Waals surface area contributed by atoms with Crippen molar-refractivity contribution in [3.8, 4) is 0 Å². The Morgan fingerprint density at radius 3 is 2.65 bits per heavy atom. The van der Waals surface area contributed by atoms with Gasteiger partial charge in [-0.15, -0.1) is 35.3 Å². The largest absolute Gasteiger partial charge is 0.469 e. The number of hydrogen-bond acceptors (Lipinski definition) is 5. The van der Waals surface area contributed by atoms with Crippen molar-refractivity contribution in [3.05, 3.63) is 16.1 Å². The van der Waals surface area contributed by atoms with Crippen LogP contribution in [0.3, 0.4) is 0 Å². The van der Waals surface area contributed by atoms with E-state index in [9.17, 15) is 18.0 Å². The van der Waals surface area contributed by atoms with Gasteiger partial charge in [-0.05, 0) is 19.8 Å². The average molecular weight is 508 g/mol. The molecule has 0 saturated carbocycles. The van der Waals surface area contributed by atoms with E-state index in [0.717, 1.165) is 23.1 Å². The summed E-state index contributed by atoms with van der Waals surface area (Å²) >= 11 is 0.996. The van der Waals surface area contributed by atoms with Crippen LogP contribution in [-0.4, -0.2) is 43.7 Å². The second-order valence-electron chi connectivity index (χ2n) is 5.09. The number of ether oxygens (including phenoxy) is 1. The summed E-state index contributed by atoms with van der Waals surface area (Å²) < 4.78 is 42.1. The molecule has 0 atom stereocenters. The van der Waals surface area contributed by atoms with Crippen molar-refractivity contribution < 1.29 is 22.7 Å². The standard InChI is InChI=1S/C15H23F3N4O2S.HI/c1-3-19-14(20-8-5-4-6-13(23)24-2)21-9-7-12-22-11(10-25-12)15(16,17)18;/h10H,3-9H2,1-2H3,(H2,19,20,21);1H. The molecule has 0 amide bonds. The fourth-order valence-electron chi connectivity index (χ4n) is 1.86. The first-order valence-corrected chi connectivity index (χ1v) is 8.85. The monoisotopic (exact) mass is 508 g/mol. The van der Waals surface area contributed by atoms with Crippen molar-refractivity contribution >= 4 is 47.2 Å². The number of carbonyl (C=O) groups excluding carboxylic acids is 1. The number of hydrogen-bond donors (Lipinski definition) is 2. The zero-order valence-corrected chi connectivity index (χ0v) is 17.8. The van der Waals surface area contributed by atoms with Gasteiger partial charge in [-0.2, -0.15) is 13.2 Å². The number of methoxy groups -OCH3 is 1. The predicted molar refractivity (Wildman–Crippen MR) is 106 cm³/mol. The summed E-state index contributed by atoms with van der Waals surface area (Å²) in [5, 5.41) is 7.57. The number of aromatic nitrogens is 1. The molecule has 0 spiro atoms. The van der Waals surface area contributed by atoms with Crippen LogP contribution < -0.4 is 10.6 Å². The summed E-state index contributed by atoms with van der Waals surface area (Å²) in [4.78, 5) is 18.9. The quantitative estimate of drug-likeness (QED) is 0.176. The van der Waals surface area contributed by atoms with Crippen molar-refractivity contribution in [3.63, 3.8) is 0 Å². The highest BCUT2D eigenvalue weighted by Crippen LogP contribution is 2.29. The fourth-order valence-corrected chi connectivity index (χ4v) is 2.66. The maximum atomic E-state index is 12.5. The number of thiazole rings is 1. The molecule has 0 saturated heterocycles. The van der Waals surface area contributed by atoms with Crippen molar-refractivity contribution in [2.75, 3.05) is 26.7 Å². The van der Waals surface area contributed by atoms with Crippen molar-refractivity contribution in [2.45, 2.75) is 38.8 Å². The van der Waals surface area contributed by atoms with E-state index < -0.39 is 11.9 Å². The topological polar surface area (TPSA) is 75.6 Å². The second-order valence-corrected chi connectivity index (χ2v) is 6.04. The molecule has 1 aromatic heterocycles. The van der Waals surface area contributed by atoms with Crippen molar-refractivity contribution in [1.29, 1.82) is 0 Å². The Hall–Kier alpha value is -1.11. The molecule has 1 heterocycles. The van der Waals surface area contributed by atoms with Crippen LogP contribution in [0.15, 0.2) is 10.4 Å². The maximum Gasteiger partial charge on any atom is 0.434 e. The molecule has 1 rings (SSSR count). The van der Waals surface area contributed by atoms with Crippen LogP contribution in [0.2, 0.25) is 0 Å². The first kappa shape index (κ1) is 24.9. The molecule has 0 aromatic carbocycles. The molecule has 0 aliphatic heterocycles. The third-order valence-electron chi connectivity index (χ3n) is 3.10. The molecule has 0 radical (unpaired) electrons. The molecular weight excluding hydrogens is 484 g/mol. The summed E-state index contributed by atoms with van der Waals surface area (Å²) in [6.07, 6.45) is -2.22. The molecule has 0 fully saturated rings. The lowest BCUT2D eigenvalue weighted by atomic mass is 10.2. The van der Waals surface area contributed by atoms with E-state index in [2.05, 4.69) is 25.3 Å². The van der Waals surface area contributed by atoms with Gasteiger partial charge in [-0.3, -0.25) is 9.79 Å². The highest BCUT2D eigenvalue weighted by molar-refractivity contribution is 14.0. The summed E-state index contributed by atoms with van der Waals surface area (Å²) in [6.45, 7) is 3.56. The number of guanidine groups is 1. The Morgan fingerprint density at radius 2 is 2.08 bits per heavy atom. The smallest absolute Gasteiger partial charge is 0.434 e. The molecule has 0 aliphatic rings. The molecule has 0 aliphatic carbocycles. The fraction of sp³-hybridized carbons (Fsp3) is 0.667. The third kappa shape index (κ3) is 10.1. The Labute approximate surface area is 172 Å². The molecule has 2 N–H and O–H groups in total. The van der Waals surface area contributed by atoms with Gasteiger partial charge in [0.2, 0.25) is 0 Å². The molecule has 6 nitrogen and oxygen atoms in total. The van der Waals surface area contributed by atoms with Crippen LogP contribution in [0.4, 0.5) is 13.2 Å². The highest BCUT2D eigenvalue weighted by atomic mass is 127. The molecule has 150 valence electrons. The van der Waals surface area contributed by atoms with Gasteiger partial charge in [-0.25, -0.2) is 4.98 Å².